The zero-order chi connectivity index (χ0) is 9.56. The van der Waals surface area contributed by atoms with Crippen LogP contribution in [0.3, 0.4) is 0 Å². The summed E-state index contributed by atoms with van der Waals surface area (Å²) in [7, 11) is 0. The number of hydrogen-bond acceptors (Lipinski definition) is 1. The Balaban J connectivity index is 3.70. The molecule has 0 radical (unpaired) electrons. The molecule has 0 spiro atoms. The second kappa shape index (κ2) is 6.12. The number of hydrogen-bond donors (Lipinski definition) is 1. The van der Waals surface area contributed by atoms with Crippen LogP contribution in [0.2, 0.25) is 0 Å². The molecule has 0 aliphatic heterocycles. The Hall–Kier alpha value is -0.440. The number of alkyl halides is 2. The Morgan fingerprint density at radius 1 is 1.50 bits per heavy atom. The van der Waals surface area contributed by atoms with Crippen LogP contribution in [0.1, 0.15) is 26.7 Å². The van der Waals surface area contributed by atoms with Gasteiger partial charge < -0.3 is 5.32 Å². The summed E-state index contributed by atoms with van der Waals surface area (Å²) in [5, 5.41) is 2.75. The van der Waals surface area contributed by atoms with Crippen molar-refractivity contribution < 1.29 is 8.78 Å². The van der Waals surface area contributed by atoms with Gasteiger partial charge in [0.2, 0.25) is 0 Å². The van der Waals surface area contributed by atoms with E-state index in [0.29, 0.717) is 19.4 Å². The Kier molecular flexibility index (Phi) is 5.89. The van der Waals surface area contributed by atoms with E-state index in [9.17, 15) is 8.78 Å². The summed E-state index contributed by atoms with van der Waals surface area (Å²) in [6, 6.07) is -0.674. The van der Waals surface area contributed by atoms with E-state index in [1.54, 1.807) is 0 Å². The van der Waals surface area contributed by atoms with Crippen LogP contribution < -0.4 is 5.32 Å². The first-order chi connectivity index (χ1) is 5.57. The third-order valence-corrected chi connectivity index (χ3v) is 1.65. The molecular weight excluding hydrogens is 160 g/mol. The molecule has 0 saturated carbocycles. The van der Waals surface area contributed by atoms with Crippen LogP contribution in [0, 0.1) is 0 Å². The quantitative estimate of drug-likeness (QED) is 0.615. The van der Waals surface area contributed by atoms with Crippen LogP contribution in [0.25, 0.3) is 0 Å². The molecule has 1 nitrogen and oxygen atoms in total. The maximum Gasteiger partial charge on any atom is 0.253 e. The molecule has 0 aromatic rings. The highest BCUT2D eigenvalue weighted by molar-refractivity contribution is 4.89. The SMILES string of the molecule is C=C(C)CCC(NCC)C(F)F. The van der Waals surface area contributed by atoms with Crippen LogP contribution in [-0.2, 0) is 0 Å². The van der Waals surface area contributed by atoms with Crippen molar-refractivity contribution in [3.63, 3.8) is 0 Å². The van der Waals surface area contributed by atoms with Gasteiger partial charge in [-0.05, 0) is 26.3 Å². The Bertz CT molecular complexity index is 134. The summed E-state index contributed by atoms with van der Waals surface area (Å²) in [4.78, 5) is 0. The lowest BCUT2D eigenvalue weighted by atomic mass is 10.1. The average Bonchev–Trinajstić information content (AvgIpc) is 1.96. The zero-order valence-corrected chi connectivity index (χ0v) is 7.74. The lowest BCUT2D eigenvalue weighted by Gasteiger charge is -2.16. The molecule has 3 heteroatoms. The Morgan fingerprint density at radius 3 is 2.42 bits per heavy atom. The van der Waals surface area contributed by atoms with Gasteiger partial charge in [0.25, 0.3) is 6.43 Å². The summed E-state index contributed by atoms with van der Waals surface area (Å²) in [5.41, 5.74) is 0.957. The first-order valence-electron chi connectivity index (χ1n) is 4.23. The van der Waals surface area contributed by atoms with E-state index in [-0.39, 0.29) is 0 Å². The summed E-state index contributed by atoms with van der Waals surface area (Å²) >= 11 is 0. The molecule has 12 heavy (non-hydrogen) atoms. The van der Waals surface area contributed by atoms with Gasteiger partial charge in [-0.2, -0.15) is 0 Å². The molecule has 0 aromatic carbocycles. The van der Waals surface area contributed by atoms with Gasteiger partial charge in [0.15, 0.2) is 0 Å². The van der Waals surface area contributed by atoms with Crippen LogP contribution in [0.5, 0.6) is 0 Å². The van der Waals surface area contributed by atoms with E-state index < -0.39 is 12.5 Å². The average molecular weight is 177 g/mol. The van der Waals surface area contributed by atoms with Gasteiger partial charge in [-0.1, -0.05) is 12.5 Å². The van der Waals surface area contributed by atoms with E-state index >= 15 is 0 Å². The molecule has 0 aliphatic rings. The topological polar surface area (TPSA) is 12.0 Å². The first kappa shape index (κ1) is 11.6. The molecule has 1 atom stereocenters. The van der Waals surface area contributed by atoms with E-state index in [1.807, 2.05) is 13.8 Å². The summed E-state index contributed by atoms with van der Waals surface area (Å²) in [5.74, 6) is 0. The van der Waals surface area contributed by atoms with Crippen LogP contribution in [0.4, 0.5) is 8.78 Å². The van der Waals surface area contributed by atoms with Gasteiger partial charge in [0, 0.05) is 0 Å². The summed E-state index contributed by atoms with van der Waals surface area (Å²) in [6.45, 7) is 7.95. The van der Waals surface area contributed by atoms with Crippen molar-refractivity contribution in [3.8, 4) is 0 Å². The Morgan fingerprint density at radius 2 is 2.08 bits per heavy atom. The maximum atomic E-state index is 12.2. The van der Waals surface area contributed by atoms with Crippen molar-refractivity contribution in [3.05, 3.63) is 12.2 Å². The molecule has 0 amide bonds. The van der Waals surface area contributed by atoms with Gasteiger partial charge in [0.1, 0.15) is 0 Å². The predicted octanol–water partition coefficient (Wildman–Crippen LogP) is 2.59. The van der Waals surface area contributed by atoms with Crippen molar-refractivity contribution in [1.82, 2.24) is 5.32 Å². The normalized spacial score (nSPS) is 13.4. The van der Waals surface area contributed by atoms with Crippen molar-refractivity contribution in [2.45, 2.75) is 39.2 Å². The molecular formula is C9H17F2N. The molecule has 0 bridgehead atoms. The van der Waals surface area contributed by atoms with E-state index in [2.05, 4.69) is 11.9 Å². The maximum absolute atomic E-state index is 12.2. The minimum Gasteiger partial charge on any atom is -0.309 e. The minimum absolute atomic E-state index is 0.473. The first-order valence-corrected chi connectivity index (χ1v) is 4.23. The molecule has 1 N–H and O–H groups in total. The second-order valence-electron chi connectivity index (χ2n) is 2.99. The molecule has 0 rings (SSSR count). The fourth-order valence-electron chi connectivity index (χ4n) is 0.981. The highest BCUT2D eigenvalue weighted by Crippen LogP contribution is 2.10. The molecule has 0 heterocycles. The largest absolute Gasteiger partial charge is 0.309 e. The summed E-state index contributed by atoms with van der Waals surface area (Å²) < 4.78 is 24.5. The molecule has 1 unspecified atom stereocenters. The number of rotatable bonds is 6. The standard InChI is InChI=1S/C9H17F2N/c1-4-12-8(9(10)11)6-5-7(2)3/h8-9,12H,2,4-6H2,1,3H3. The second-order valence-corrected chi connectivity index (χ2v) is 2.99. The van der Waals surface area contributed by atoms with Crippen molar-refractivity contribution in [1.29, 1.82) is 0 Å². The molecule has 0 saturated heterocycles. The third kappa shape index (κ3) is 5.24. The van der Waals surface area contributed by atoms with Gasteiger partial charge in [-0.25, -0.2) is 8.78 Å². The number of allylic oxidation sites excluding steroid dienone is 1. The van der Waals surface area contributed by atoms with Crippen molar-refractivity contribution >= 4 is 0 Å². The Labute approximate surface area is 72.9 Å². The fraction of sp³-hybridized carbons (Fsp3) is 0.778. The molecule has 72 valence electrons. The zero-order valence-electron chi connectivity index (χ0n) is 7.74. The smallest absolute Gasteiger partial charge is 0.253 e. The molecule has 0 fully saturated rings. The van der Waals surface area contributed by atoms with Crippen LogP contribution in [0.15, 0.2) is 12.2 Å². The third-order valence-electron chi connectivity index (χ3n) is 1.65. The number of halogens is 2. The van der Waals surface area contributed by atoms with E-state index in [4.69, 9.17) is 0 Å². The van der Waals surface area contributed by atoms with Gasteiger partial charge >= 0.3 is 0 Å². The van der Waals surface area contributed by atoms with E-state index in [1.165, 1.54) is 0 Å². The summed E-state index contributed by atoms with van der Waals surface area (Å²) in [6.07, 6.45) is -1.13. The van der Waals surface area contributed by atoms with Crippen LogP contribution >= 0.6 is 0 Å². The lowest BCUT2D eigenvalue weighted by Crippen LogP contribution is -2.35. The predicted molar refractivity (Wildman–Crippen MR) is 47.5 cm³/mol. The molecule has 0 aromatic heterocycles. The fourth-order valence-corrected chi connectivity index (χ4v) is 0.981. The van der Waals surface area contributed by atoms with Gasteiger partial charge in [-0.15, -0.1) is 6.58 Å². The lowest BCUT2D eigenvalue weighted by molar-refractivity contribution is 0.0951. The van der Waals surface area contributed by atoms with Crippen molar-refractivity contribution in [2.24, 2.45) is 0 Å². The highest BCUT2D eigenvalue weighted by atomic mass is 19.3. The monoisotopic (exact) mass is 177 g/mol. The van der Waals surface area contributed by atoms with Crippen molar-refractivity contribution in [2.75, 3.05) is 6.54 Å². The van der Waals surface area contributed by atoms with Gasteiger partial charge in [0.05, 0.1) is 6.04 Å². The van der Waals surface area contributed by atoms with E-state index in [0.717, 1.165) is 5.57 Å². The molecule has 0 aliphatic carbocycles. The number of nitrogens with one attached hydrogen (secondary N) is 1. The minimum atomic E-state index is -2.27. The van der Waals surface area contributed by atoms with Gasteiger partial charge in [-0.3, -0.25) is 0 Å². The highest BCUT2D eigenvalue weighted by Gasteiger charge is 2.17. The van der Waals surface area contributed by atoms with Crippen LogP contribution in [-0.4, -0.2) is 19.0 Å².